The Morgan fingerprint density at radius 2 is 2.40 bits per heavy atom. The van der Waals surface area contributed by atoms with Crippen LogP contribution in [-0.4, -0.2) is 42.3 Å². The van der Waals surface area contributed by atoms with Gasteiger partial charge in [0.1, 0.15) is 0 Å². The Hall–Kier alpha value is -0.130. The Kier molecular flexibility index (Phi) is 3.64. The fraction of sp³-hybridized carbons (Fsp3) is 0.600. The van der Waals surface area contributed by atoms with Crippen molar-refractivity contribution in [1.82, 2.24) is 10.2 Å². The van der Waals surface area contributed by atoms with E-state index in [1.807, 2.05) is 19.2 Å². The molecule has 1 aliphatic heterocycles. The van der Waals surface area contributed by atoms with Gasteiger partial charge < -0.3 is 10.4 Å². The van der Waals surface area contributed by atoms with Crippen LogP contribution in [0.3, 0.4) is 0 Å². The molecule has 0 radical (unpaired) electrons. The number of rotatable bonds is 3. The standard InChI is InChI=1S/C10H15ClN2OS/c1-13(8-4-12-5-9(8)14)6-7-2-3-10(11)15-7/h2-3,8-9,12,14H,4-6H2,1H3. The van der Waals surface area contributed by atoms with Gasteiger partial charge in [-0.25, -0.2) is 0 Å². The number of hydrogen-bond donors (Lipinski definition) is 2. The monoisotopic (exact) mass is 246 g/mol. The van der Waals surface area contributed by atoms with Gasteiger partial charge in [0, 0.05) is 30.6 Å². The maximum absolute atomic E-state index is 9.72. The number of thiophene rings is 1. The van der Waals surface area contributed by atoms with Crippen LogP contribution in [0.15, 0.2) is 12.1 Å². The van der Waals surface area contributed by atoms with E-state index < -0.39 is 0 Å². The summed E-state index contributed by atoms with van der Waals surface area (Å²) < 4.78 is 0.823. The number of likely N-dealkylation sites (N-methyl/N-ethyl adjacent to an activating group) is 1. The van der Waals surface area contributed by atoms with Gasteiger partial charge in [0.15, 0.2) is 0 Å². The minimum absolute atomic E-state index is 0.214. The Morgan fingerprint density at radius 1 is 1.60 bits per heavy atom. The summed E-state index contributed by atoms with van der Waals surface area (Å²) in [6.45, 7) is 2.40. The second kappa shape index (κ2) is 4.80. The number of aliphatic hydroxyl groups excluding tert-OH is 1. The lowest BCUT2D eigenvalue weighted by molar-refractivity contribution is 0.0961. The Morgan fingerprint density at radius 3 is 2.93 bits per heavy atom. The average molecular weight is 247 g/mol. The summed E-state index contributed by atoms with van der Waals surface area (Å²) in [7, 11) is 2.04. The topological polar surface area (TPSA) is 35.5 Å². The van der Waals surface area contributed by atoms with Crippen molar-refractivity contribution < 1.29 is 5.11 Å². The van der Waals surface area contributed by atoms with Gasteiger partial charge in [-0.2, -0.15) is 0 Å². The number of β-amino-alcohol motifs (C(OH)–C–C–N with tert-alkyl or cyclic N) is 1. The van der Waals surface area contributed by atoms with Crippen LogP contribution in [0, 0.1) is 0 Å². The van der Waals surface area contributed by atoms with Crippen LogP contribution in [0.1, 0.15) is 4.88 Å². The van der Waals surface area contributed by atoms with E-state index in [0.29, 0.717) is 6.54 Å². The predicted octanol–water partition coefficient (Wildman–Crippen LogP) is 1.17. The lowest BCUT2D eigenvalue weighted by Crippen LogP contribution is -2.39. The van der Waals surface area contributed by atoms with Gasteiger partial charge in [0.2, 0.25) is 0 Å². The zero-order valence-electron chi connectivity index (χ0n) is 8.61. The molecule has 1 fully saturated rings. The number of nitrogens with zero attached hydrogens (tertiary/aromatic N) is 1. The van der Waals surface area contributed by atoms with Crippen molar-refractivity contribution in [3.63, 3.8) is 0 Å². The molecule has 2 heterocycles. The summed E-state index contributed by atoms with van der Waals surface area (Å²) in [6.07, 6.45) is -0.259. The summed E-state index contributed by atoms with van der Waals surface area (Å²) in [5.74, 6) is 0. The van der Waals surface area contributed by atoms with Crippen LogP contribution in [-0.2, 0) is 6.54 Å². The third kappa shape index (κ3) is 2.71. The van der Waals surface area contributed by atoms with Crippen molar-refractivity contribution in [2.24, 2.45) is 0 Å². The molecule has 0 bridgehead atoms. The first kappa shape index (κ1) is 11.4. The fourth-order valence-corrected chi connectivity index (χ4v) is 3.05. The normalized spacial score (nSPS) is 26.4. The number of nitrogens with one attached hydrogen (secondary N) is 1. The molecule has 1 aromatic heterocycles. The zero-order valence-corrected chi connectivity index (χ0v) is 10.2. The van der Waals surface area contributed by atoms with E-state index in [1.54, 1.807) is 11.3 Å². The second-order valence-corrected chi connectivity index (χ2v) is 5.71. The molecule has 2 atom stereocenters. The highest BCUT2D eigenvalue weighted by Crippen LogP contribution is 2.23. The van der Waals surface area contributed by atoms with Crippen molar-refractivity contribution in [2.45, 2.75) is 18.7 Å². The summed E-state index contributed by atoms with van der Waals surface area (Å²) >= 11 is 7.47. The Balaban J connectivity index is 1.94. The van der Waals surface area contributed by atoms with E-state index in [1.165, 1.54) is 4.88 Å². The molecule has 2 rings (SSSR count). The lowest BCUT2D eigenvalue weighted by atomic mass is 10.2. The number of halogens is 1. The summed E-state index contributed by atoms with van der Waals surface area (Å²) in [4.78, 5) is 3.41. The highest BCUT2D eigenvalue weighted by Gasteiger charge is 2.28. The molecule has 0 spiro atoms. The van der Waals surface area contributed by atoms with E-state index in [-0.39, 0.29) is 12.1 Å². The van der Waals surface area contributed by atoms with E-state index in [0.717, 1.165) is 17.4 Å². The Bertz CT molecular complexity index is 331. The first-order valence-electron chi connectivity index (χ1n) is 5.00. The summed E-state index contributed by atoms with van der Waals surface area (Å²) in [6, 6.07) is 4.17. The van der Waals surface area contributed by atoms with Crippen molar-refractivity contribution in [1.29, 1.82) is 0 Å². The fourth-order valence-electron chi connectivity index (χ4n) is 1.90. The van der Waals surface area contributed by atoms with Crippen molar-refractivity contribution in [3.8, 4) is 0 Å². The molecule has 0 amide bonds. The Labute approximate surface area is 98.7 Å². The molecule has 1 aromatic rings. The molecule has 1 aliphatic rings. The van der Waals surface area contributed by atoms with Crippen molar-refractivity contribution in [3.05, 3.63) is 21.3 Å². The molecular formula is C10H15ClN2OS. The highest BCUT2D eigenvalue weighted by atomic mass is 35.5. The van der Waals surface area contributed by atoms with Crippen LogP contribution in [0.25, 0.3) is 0 Å². The van der Waals surface area contributed by atoms with Crippen molar-refractivity contribution >= 4 is 22.9 Å². The predicted molar refractivity (Wildman–Crippen MR) is 63.5 cm³/mol. The zero-order chi connectivity index (χ0) is 10.8. The molecule has 84 valence electrons. The molecule has 0 saturated carbocycles. The molecular weight excluding hydrogens is 232 g/mol. The third-order valence-corrected chi connectivity index (χ3v) is 3.97. The van der Waals surface area contributed by atoms with E-state index >= 15 is 0 Å². The first-order chi connectivity index (χ1) is 7.16. The highest BCUT2D eigenvalue weighted by molar-refractivity contribution is 7.16. The minimum atomic E-state index is -0.259. The molecule has 15 heavy (non-hydrogen) atoms. The number of aliphatic hydroxyl groups is 1. The molecule has 0 aromatic carbocycles. The smallest absolute Gasteiger partial charge is 0.0931 e. The lowest BCUT2D eigenvalue weighted by Gasteiger charge is -2.25. The SMILES string of the molecule is CN(Cc1ccc(Cl)s1)C1CNCC1O. The molecule has 5 heteroatoms. The molecule has 2 N–H and O–H groups in total. The minimum Gasteiger partial charge on any atom is -0.390 e. The quantitative estimate of drug-likeness (QED) is 0.841. The number of hydrogen-bond acceptors (Lipinski definition) is 4. The largest absolute Gasteiger partial charge is 0.390 e. The third-order valence-electron chi connectivity index (χ3n) is 2.75. The van der Waals surface area contributed by atoms with E-state index in [2.05, 4.69) is 10.2 Å². The van der Waals surface area contributed by atoms with Gasteiger partial charge in [-0.15, -0.1) is 11.3 Å². The molecule has 2 unspecified atom stereocenters. The van der Waals surface area contributed by atoms with Gasteiger partial charge in [-0.05, 0) is 19.2 Å². The average Bonchev–Trinajstić information content (AvgIpc) is 2.75. The first-order valence-corrected chi connectivity index (χ1v) is 6.19. The molecule has 0 aliphatic carbocycles. The van der Waals surface area contributed by atoms with Crippen LogP contribution in [0.5, 0.6) is 0 Å². The summed E-state index contributed by atoms with van der Waals surface area (Å²) in [5.41, 5.74) is 0. The maximum Gasteiger partial charge on any atom is 0.0931 e. The molecule has 3 nitrogen and oxygen atoms in total. The van der Waals surface area contributed by atoms with E-state index in [9.17, 15) is 5.11 Å². The second-order valence-electron chi connectivity index (χ2n) is 3.91. The van der Waals surface area contributed by atoms with Crippen molar-refractivity contribution in [2.75, 3.05) is 20.1 Å². The molecule has 1 saturated heterocycles. The van der Waals surface area contributed by atoms with Gasteiger partial charge in [-0.3, -0.25) is 4.90 Å². The maximum atomic E-state index is 9.72. The van der Waals surface area contributed by atoms with Gasteiger partial charge >= 0.3 is 0 Å². The van der Waals surface area contributed by atoms with Gasteiger partial charge in [0.25, 0.3) is 0 Å². The van der Waals surface area contributed by atoms with Crippen LogP contribution in [0.4, 0.5) is 0 Å². The van der Waals surface area contributed by atoms with E-state index in [4.69, 9.17) is 11.6 Å². The van der Waals surface area contributed by atoms with Crippen LogP contribution >= 0.6 is 22.9 Å². The van der Waals surface area contributed by atoms with Crippen LogP contribution in [0.2, 0.25) is 4.34 Å². The summed E-state index contributed by atoms with van der Waals surface area (Å²) in [5, 5.41) is 12.9. The van der Waals surface area contributed by atoms with Crippen LogP contribution < -0.4 is 5.32 Å². The van der Waals surface area contributed by atoms with Gasteiger partial charge in [0.05, 0.1) is 10.4 Å². The van der Waals surface area contributed by atoms with Gasteiger partial charge in [-0.1, -0.05) is 11.6 Å².